The molecule has 0 saturated carbocycles. The molecule has 2 aromatic carbocycles. The number of halogens is 1. The average Bonchev–Trinajstić information content (AvgIpc) is 2.46. The Kier molecular flexibility index (Phi) is 4.22. The lowest BCUT2D eigenvalue weighted by Crippen LogP contribution is -2.01. The van der Waals surface area contributed by atoms with E-state index in [4.69, 9.17) is 16.9 Å². The molecule has 2 nitrogen and oxygen atoms in total. The molecule has 18 heavy (non-hydrogen) atoms. The molecule has 0 aromatic heterocycles. The second kappa shape index (κ2) is 6.09. The number of hydrogen-bond donors (Lipinski definition) is 1. The van der Waals surface area contributed by atoms with Crippen molar-refractivity contribution in [1.29, 1.82) is 5.26 Å². The number of benzene rings is 2. The molecule has 0 aliphatic carbocycles. The van der Waals surface area contributed by atoms with Crippen LogP contribution < -0.4 is 5.32 Å². The maximum absolute atomic E-state index is 8.88. The summed E-state index contributed by atoms with van der Waals surface area (Å²) < 4.78 is 0. The van der Waals surface area contributed by atoms with Gasteiger partial charge in [0.25, 0.3) is 0 Å². The maximum Gasteiger partial charge on any atom is 0.0991 e. The predicted octanol–water partition coefficient (Wildman–Crippen LogP) is 3.88. The van der Waals surface area contributed by atoms with Crippen molar-refractivity contribution < 1.29 is 0 Å². The van der Waals surface area contributed by atoms with Gasteiger partial charge in [-0.15, -0.1) is 11.6 Å². The van der Waals surface area contributed by atoms with Crippen molar-refractivity contribution in [3.63, 3.8) is 0 Å². The number of rotatable bonds is 4. The highest BCUT2D eigenvalue weighted by atomic mass is 35.5. The van der Waals surface area contributed by atoms with Crippen LogP contribution in [0, 0.1) is 11.3 Å². The molecular formula is C15H13ClN2. The number of anilines is 1. The third-order valence-corrected chi connectivity index (χ3v) is 2.82. The van der Waals surface area contributed by atoms with Gasteiger partial charge in [-0.25, -0.2) is 0 Å². The summed E-state index contributed by atoms with van der Waals surface area (Å²) in [4.78, 5) is 0. The number of nitrogens with zero attached hydrogens (tertiary/aromatic N) is 1. The SMILES string of the molecule is N#Cc1cccc(-c2ccc(NCCCl)cc2)c1. The Hall–Kier alpha value is -1.98. The van der Waals surface area contributed by atoms with Crippen molar-refractivity contribution in [2.24, 2.45) is 0 Å². The first-order valence-electron chi connectivity index (χ1n) is 5.74. The third kappa shape index (κ3) is 3.03. The summed E-state index contributed by atoms with van der Waals surface area (Å²) in [6.07, 6.45) is 0. The van der Waals surface area contributed by atoms with Crippen LogP contribution in [-0.2, 0) is 0 Å². The van der Waals surface area contributed by atoms with Gasteiger partial charge in [0, 0.05) is 18.1 Å². The van der Waals surface area contributed by atoms with E-state index >= 15 is 0 Å². The first-order chi connectivity index (χ1) is 8.83. The maximum atomic E-state index is 8.88. The predicted molar refractivity (Wildman–Crippen MR) is 75.8 cm³/mol. The zero-order valence-corrected chi connectivity index (χ0v) is 10.6. The van der Waals surface area contributed by atoms with E-state index in [0.29, 0.717) is 11.4 Å². The second-order valence-electron chi connectivity index (χ2n) is 3.89. The highest BCUT2D eigenvalue weighted by Crippen LogP contribution is 2.22. The first kappa shape index (κ1) is 12.5. The van der Waals surface area contributed by atoms with Crippen LogP contribution in [-0.4, -0.2) is 12.4 Å². The van der Waals surface area contributed by atoms with E-state index in [1.54, 1.807) is 6.07 Å². The Balaban J connectivity index is 2.21. The molecule has 0 aliphatic heterocycles. The van der Waals surface area contributed by atoms with Gasteiger partial charge in [0.15, 0.2) is 0 Å². The summed E-state index contributed by atoms with van der Waals surface area (Å²) in [7, 11) is 0. The summed E-state index contributed by atoms with van der Waals surface area (Å²) in [5.41, 5.74) is 3.88. The molecule has 0 atom stereocenters. The number of hydrogen-bond acceptors (Lipinski definition) is 2. The monoisotopic (exact) mass is 256 g/mol. The Morgan fingerprint density at radius 3 is 2.50 bits per heavy atom. The Morgan fingerprint density at radius 2 is 1.83 bits per heavy atom. The van der Waals surface area contributed by atoms with Gasteiger partial charge in [-0.3, -0.25) is 0 Å². The highest BCUT2D eigenvalue weighted by molar-refractivity contribution is 6.18. The van der Waals surface area contributed by atoms with Gasteiger partial charge in [-0.1, -0.05) is 24.3 Å². The van der Waals surface area contributed by atoms with E-state index in [0.717, 1.165) is 23.4 Å². The third-order valence-electron chi connectivity index (χ3n) is 2.63. The minimum atomic E-state index is 0.589. The van der Waals surface area contributed by atoms with Crippen LogP contribution in [0.15, 0.2) is 48.5 Å². The van der Waals surface area contributed by atoms with E-state index in [-0.39, 0.29) is 0 Å². The summed E-state index contributed by atoms with van der Waals surface area (Å²) in [5, 5.41) is 12.1. The standard InChI is InChI=1S/C15H13ClN2/c16-8-9-18-15-6-4-13(5-7-15)14-3-1-2-12(10-14)11-17/h1-7,10,18H,8-9H2. The minimum absolute atomic E-state index is 0.589. The fraction of sp³-hybridized carbons (Fsp3) is 0.133. The number of nitriles is 1. The molecule has 2 rings (SSSR count). The van der Waals surface area contributed by atoms with Crippen LogP contribution in [0.25, 0.3) is 11.1 Å². The molecule has 0 fully saturated rings. The van der Waals surface area contributed by atoms with Gasteiger partial charge in [0.2, 0.25) is 0 Å². The van der Waals surface area contributed by atoms with Gasteiger partial charge in [0.1, 0.15) is 0 Å². The highest BCUT2D eigenvalue weighted by Gasteiger charge is 1.99. The topological polar surface area (TPSA) is 35.8 Å². The van der Waals surface area contributed by atoms with Gasteiger partial charge in [-0.2, -0.15) is 5.26 Å². The Labute approximate surface area is 112 Å². The fourth-order valence-corrected chi connectivity index (χ4v) is 1.83. The smallest absolute Gasteiger partial charge is 0.0991 e. The summed E-state index contributed by atoms with van der Waals surface area (Å²) in [5.74, 6) is 0.589. The quantitative estimate of drug-likeness (QED) is 0.843. The Bertz CT molecular complexity index is 555. The molecule has 0 aliphatic rings. The molecule has 0 radical (unpaired) electrons. The summed E-state index contributed by atoms with van der Waals surface area (Å²) >= 11 is 5.62. The van der Waals surface area contributed by atoms with Crippen LogP contribution in [0.3, 0.4) is 0 Å². The Morgan fingerprint density at radius 1 is 1.06 bits per heavy atom. The van der Waals surface area contributed by atoms with Gasteiger partial charge in [0.05, 0.1) is 11.6 Å². The molecule has 1 N–H and O–H groups in total. The van der Waals surface area contributed by atoms with Crippen molar-refractivity contribution >= 4 is 17.3 Å². The van der Waals surface area contributed by atoms with Crippen LogP contribution in [0.5, 0.6) is 0 Å². The molecule has 0 heterocycles. The lowest BCUT2D eigenvalue weighted by Gasteiger charge is -2.06. The summed E-state index contributed by atoms with van der Waals surface area (Å²) in [6.45, 7) is 0.755. The molecule has 0 spiro atoms. The van der Waals surface area contributed by atoms with E-state index in [1.165, 1.54) is 0 Å². The molecule has 0 bridgehead atoms. The van der Waals surface area contributed by atoms with Gasteiger partial charge < -0.3 is 5.32 Å². The zero-order valence-electron chi connectivity index (χ0n) is 9.86. The molecule has 3 heteroatoms. The number of alkyl halides is 1. The van der Waals surface area contributed by atoms with Crippen molar-refractivity contribution in [2.45, 2.75) is 0 Å². The van der Waals surface area contributed by atoms with Crippen LogP contribution in [0.4, 0.5) is 5.69 Å². The van der Waals surface area contributed by atoms with Crippen LogP contribution in [0.2, 0.25) is 0 Å². The van der Waals surface area contributed by atoms with Crippen molar-refractivity contribution in [3.05, 3.63) is 54.1 Å². The lowest BCUT2D eigenvalue weighted by atomic mass is 10.0. The minimum Gasteiger partial charge on any atom is -0.384 e. The van der Waals surface area contributed by atoms with Crippen LogP contribution >= 0.6 is 11.6 Å². The largest absolute Gasteiger partial charge is 0.384 e. The zero-order chi connectivity index (χ0) is 12.8. The van der Waals surface area contributed by atoms with Crippen molar-refractivity contribution in [1.82, 2.24) is 0 Å². The number of nitrogens with one attached hydrogen (secondary N) is 1. The lowest BCUT2D eigenvalue weighted by molar-refractivity contribution is 1.22. The van der Waals surface area contributed by atoms with Crippen molar-refractivity contribution in [3.8, 4) is 17.2 Å². The molecule has 0 unspecified atom stereocenters. The van der Waals surface area contributed by atoms with Gasteiger partial charge in [-0.05, 0) is 35.4 Å². The molecular weight excluding hydrogens is 244 g/mol. The van der Waals surface area contributed by atoms with Crippen molar-refractivity contribution in [2.75, 3.05) is 17.7 Å². The molecule has 0 saturated heterocycles. The van der Waals surface area contributed by atoms with Gasteiger partial charge >= 0.3 is 0 Å². The molecule has 0 amide bonds. The first-order valence-corrected chi connectivity index (χ1v) is 6.27. The normalized spacial score (nSPS) is 9.78. The van der Waals surface area contributed by atoms with E-state index in [1.807, 2.05) is 42.5 Å². The van der Waals surface area contributed by atoms with E-state index in [2.05, 4.69) is 11.4 Å². The second-order valence-corrected chi connectivity index (χ2v) is 4.26. The average molecular weight is 257 g/mol. The molecule has 90 valence electrons. The van der Waals surface area contributed by atoms with Crippen LogP contribution in [0.1, 0.15) is 5.56 Å². The van der Waals surface area contributed by atoms with E-state index < -0.39 is 0 Å². The molecule has 2 aromatic rings. The van der Waals surface area contributed by atoms with E-state index in [9.17, 15) is 0 Å². The fourth-order valence-electron chi connectivity index (χ4n) is 1.74. The summed E-state index contributed by atoms with van der Waals surface area (Å²) in [6, 6.07) is 17.8.